The molecule has 1 unspecified atom stereocenters. The van der Waals surface area contributed by atoms with Crippen LogP contribution >= 0.6 is 11.6 Å². The molecule has 29 heavy (non-hydrogen) atoms. The summed E-state index contributed by atoms with van der Waals surface area (Å²) in [5, 5.41) is 3.04. The van der Waals surface area contributed by atoms with Gasteiger partial charge < -0.3 is 10.1 Å². The molecule has 1 heterocycles. The lowest BCUT2D eigenvalue weighted by atomic mass is 10.2. The fourth-order valence-corrected chi connectivity index (χ4v) is 4.84. The molecule has 2 aromatic rings. The average Bonchev–Trinajstić information content (AvgIpc) is 3.19. The Balaban J connectivity index is 1.61. The number of halogens is 1. The molecule has 1 saturated heterocycles. The molecule has 3 rings (SSSR count). The normalized spacial score (nSPS) is 17.1. The van der Waals surface area contributed by atoms with E-state index in [-0.39, 0.29) is 11.4 Å². The van der Waals surface area contributed by atoms with Gasteiger partial charge in [0.25, 0.3) is 5.91 Å². The van der Waals surface area contributed by atoms with E-state index in [0.29, 0.717) is 23.6 Å². The van der Waals surface area contributed by atoms with Gasteiger partial charge in [-0.3, -0.25) is 9.59 Å². The number of nitrogens with one attached hydrogen (secondary N) is 1. The molecule has 1 atom stereocenters. The van der Waals surface area contributed by atoms with Crippen molar-refractivity contribution < 1.29 is 22.7 Å². The van der Waals surface area contributed by atoms with Crippen molar-refractivity contribution >= 4 is 39.2 Å². The van der Waals surface area contributed by atoms with E-state index >= 15 is 0 Å². The summed E-state index contributed by atoms with van der Waals surface area (Å²) in [5.74, 6) is -1.23. The lowest BCUT2D eigenvalue weighted by Crippen LogP contribution is -2.42. The van der Waals surface area contributed by atoms with Crippen molar-refractivity contribution in [1.82, 2.24) is 4.31 Å². The number of carbonyl (C=O) groups is 2. The number of hydrogen-bond donors (Lipinski definition) is 1. The minimum atomic E-state index is -3.87. The fourth-order valence-electron chi connectivity index (χ4n) is 3.07. The highest BCUT2D eigenvalue weighted by molar-refractivity contribution is 7.89. The van der Waals surface area contributed by atoms with Gasteiger partial charge in [0, 0.05) is 17.3 Å². The Labute approximate surface area is 174 Å². The number of ether oxygens (including phenoxy) is 1. The quantitative estimate of drug-likeness (QED) is 0.702. The summed E-state index contributed by atoms with van der Waals surface area (Å²) in [6, 6.07) is 12.0. The number of rotatable bonds is 6. The Kier molecular flexibility index (Phi) is 6.56. The number of esters is 1. The molecule has 154 valence electrons. The number of benzene rings is 2. The maximum Gasteiger partial charge on any atom is 0.324 e. The highest BCUT2D eigenvalue weighted by Crippen LogP contribution is 2.27. The van der Waals surface area contributed by atoms with Gasteiger partial charge in [-0.05, 0) is 56.2 Å². The van der Waals surface area contributed by atoms with Gasteiger partial charge in [0.2, 0.25) is 10.0 Å². The van der Waals surface area contributed by atoms with E-state index in [0.717, 1.165) is 9.87 Å². The summed E-state index contributed by atoms with van der Waals surface area (Å²) in [7, 11) is -3.87. The number of anilines is 1. The van der Waals surface area contributed by atoms with E-state index in [4.69, 9.17) is 16.3 Å². The standard InChI is InChI=1S/C20H21ClN2O5S/c1-14-4-8-16(9-5-14)22-19(24)13-28-20(25)18-3-2-12-23(18)29(26,27)17-10-6-15(21)7-11-17/h4-11,18H,2-3,12-13H2,1H3,(H,22,24). The zero-order valence-corrected chi connectivity index (χ0v) is 17.4. The maximum atomic E-state index is 12.9. The molecule has 0 aliphatic carbocycles. The molecule has 9 heteroatoms. The monoisotopic (exact) mass is 436 g/mol. The molecule has 1 amide bonds. The Hall–Kier alpha value is -2.42. The summed E-state index contributed by atoms with van der Waals surface area (Å²) in [4.78, 5) is 24.5. The van der Waals surface area contributed by atoms with Gasteiger partial charge in [0.1, 0.15) is 6.04 Å². The van der Waals surface area contributed by atoms with Gasteiger partial charge in [-0.2, -0.15) is 4.31 Å². The average molecular weight is 437 g/mol. The first kappa shape index (κ1) is 21.3. The Morgan fingerprint density at radius 3 is 2.45 bits per heavy atom. The SMILES string of the molecule is Cc1ccc(NC(=O)COC(=O)C2CCCN2S(=O)(=O)c2ccc(Cl)cc2)cc1. The molecule has 0 bridgehead atoms. The molecule has 0 saturated carbocycles. The minimum absolute atomic E-state index is 0.0544. The van der Waals surface area contributed by atoms with E-state index in [1.807, 2.05) is 19.1 Å². The van der Waals surface area contributed by atoms with E-state index in [1.54, 1.807) is 12.1 Å². The van der Waals surface area contributed by atoms with Gasteiger partial charge in [0.15, 0.2) is 6.61 Å². The third-order valence-corrected chi connectivity index (χ3v) is 6.75. The van der Waals surface area contributed by atoms with Crippen molar-refractivity contribution in [3.8, 4) is 0 Å². The zero-order chi connectivity index (χ0) is 21.0. The smallest absolute Gasteiger partial charge is 0.324 e. The van der Waals surface area contributed by atoms with Crippen molar-refractivity contribution in [2.45, 2.75) is 30.7 Å². The molecule has 7 nitrogen and oxygen atoms in total. The molecular weight excluding hydrogens is 416 g/mol. The van der Waals surface area contributed by atoms with Gasteiger partial charge >= 0.3 is 5.97 Å². The predicted octanol–water partition coefficient (Wildman–Crippen LogP) is 2.98. The summed E-state index contributed by atoms with van der Waals surface area (Å²) in [6.07, 6.45) is 0.868. The summed E-state index contributed by atoms with van der Waals surface area (Å²) in [6.45, 7) is 1.65. The van der Waals surface area contributed by atoms with Crippen molar-refractivity contribution in [1.29, 1.82) is 0 Å². The molecule has 0 radical (unpaired) electrons. The second-order valence-corrected chi connectivity index (χ2v) is 9.08. The molecule has 0 spiro atoms. The van der Waals surface area contributed by atoms with Crippen LogP contribution in [0, 0.1) is 6.92 Å². The fraction of sp³-hybridized carbons (Fsp3) is 0.300. The van der Waals surface area contributed by atoms with E-state index in [9.17, 15) is 18.0 Å². The summed E-state index contributed by atoms with van der Waals surface area (Å²) in [5.41, 5.74) is 1.64. The van der Waals surface area contributed by atoms with Crippen LogP contribution in [0.2, 0.25) is 5.02 Å². The predicted molar refractivity (Wildman–Crippen MR) is 109 cm³/mol. The number of sulfonamides is 1. The van der Waals surface area contributed by atoms with Crippen LogP contribution in [0.3, 0.4) is 0 Å². The summed E-state index contributed by atoms with van der Waals surface area (Å²) >= 11 is 5.82. The number of carbonyl (C=O) groups excluding carboxylic acids is 2. The van der Waals surface area contributed by atoms with Gasteiger partial charge in [-0.25, -0.2) is 8.42 Å². The highest BCUT2D eigenvalue weighted by Gasteiger charge is 2.40. The van der Waals surface area contributed by atoms with E-state index < -0.39 is 34.5 Å². The Morgan fingerprint density at radius 1 is 1.14 bits per heavy atom. The van der Waals surface area contributed by atoms with Gasteiger partial charge in [-0.15, -0.1) is 0 Å². The van der Waals surface area contributed by atoms with Crippen LogP contribution in [0.25, 0.3) is 0 Å². The summed E-state index contributed by atoms with van der Waals surface area (Å²) < 4.78 is 31.9. The van der Waals surface area contributed by atoms with Crippen LogP contribution in [0.4, 0.5) is 5.69 Å². The third-order valence-electron chi connectivity index (χ3n) is 4.58. The molecule has 1 aliphatic rings. The van der Waals surface area contributed by atoms with Crippen molar-refractivity contribution in [2.24, 2.45) is 0 Å². The lowest BCUT2D eigenvalue weighted by Gasteiger charge is -2.22. The maximum absolute atomic E-state index is 12.9. The Bertz CT molecular complexity index is 991. The van der Waals surface area contributed by atoms with Crippen LogP contribution in [0.15, 0.2) is 53.4 Å². The van der Waals surface area contributed by atoms with Crippen LogP contribution in [-0.2, 0) is 24.3 Å². The van der Waals surface area contributed by atoms with Crippen molar-refractivity contribution in [3.05, 3.63) is 59.1 Å². The first-order chi connectivity index (χ1) is 13.8. The molecule has 1 aliphatic heterocycles. The van der Waals surface area contributed by atoms with E-state index in [1.165, 1.54) is 24.3 Å². The number of hydrogen-bond acceptors (Lipinski definition) is 5. The lowest BCUT2D eigenvalue weighted by molar-refractivity contribution is -0.150. The minimum Gasteiger partial charge on any atom is -0.454 e. The Morgan fingerprint density at radius 2 is 1.79 bits per heavy atom. The zero-order valence-electron chi connectivity index (χ0n) is 15.8. The number of aryl methyl sites for hydroxylation is 1. The van der Waals surface area contributed by atoms with Crippen molar-refractivity contribution in [3.63, 3.8) is 0 Å². The number of nitrogens with zero attached hydrogens (tertiary/aromatic N) is 1. The second-order valence-electron chi connectivity index (χ2n) is 6.75. The highest BCUT2D eigenvalue weighted by atomic mass is 35.5. The first-order valence-corrected chi connectivity index (χ1v) is 10.9. The van der Waals surface area contributed by atoms with Crippen LogP contribution in [0.5, 0.6) is 0 Å². The second kappa shape index (κ2) is 8.94. The number of amides is 1. The first-order valence-electron chi connectivity index (χ1n) is 9.08. The van der Waals surface area contributed by atoms with Crippen molar-refractivity contribution in [2.75, 3.05) is 18.5 Å². The molecule has 1 fully saturated rings. The van der Waals surface area contributed by atoms with Crippen LogP contribution < -0.4 is 5.32 Å². The molecular formula is C20H21ClN2O5S. The third kappa shape index (κ3) is 5.14. The van der Waals surface area contributed by atoms with Crippen LogP contribution in [0.1, 0.15) is 18.4 Å². The van der Waals surface area contributed by atoms with Gasteiger partial charge in [0.05, 0.1) is 4.90 Å². The van der Waals surface area contributed by atoms with E-state index in [2.05, 4.69) is 5.32 Å². The molecule has 0 aromatic heterocycles. The topological polar surface area (TPSA) is 92.8 Å². The largest absolute Gasteiger partial charge is 0.454 e. The molecule has 1 N–H and O–H groups in total. The van der Waals surface area contributed by atoms with Crippen LogP contribution in [-0.4, -0.2) is 43.8 Å². The van der Waals surface area contributed by atoms with Gasteiger partial charge in [-0.1, -0.05) is 29.3 Å². The molecule has 2 aromatic carbocycles.